The van der Waals surface area contributed by atoms with Crippen molar-refractivity contribution in [2.45, 2.75) is 12.9 Å². The van der Waals surface area contributed by atoms with Crippen LogP contribution in [0.1, 0.15) is 17.4 Å². The molecule has 0 saturated carbocycles. The summed E-state index contributed by atoms with van der Waals surface area (Å²) >= 11 is 0. The molecule has 0 spiro atoms. The van der Waals surface area contributed by atoms with Crippen LogP contribution in [0.15, 0.2) is 54.6 Å². The highest BCUT2D eigenvalue weighted by atomic mass is 16.7. The van der Waals surface area contributed by atoms with E-state index in [0.717, 1.165) is 16.9 Å². The number of hydrogen-bond donors (Lipinski definition) is 0. The van der Waals surface area contributed by atoms with Crippen LogP contribution in [0.4, 0.5) is 0 Å². The number of rotatable bonds is 7. The summed E-state index contributed by atoms with van der Waals surface area (Å²) in [4.78, 5) is 10.4. The minimum absolute atomic E-state index is 0.325. The Balaban J connectivity index is 1.99. The minimum atomic E-state index is -0.754. The van der Waals surface area contributed by atoms with E-state index in [9.17, 15) is 4.79 Å². The van der Waals surface area contributed by atoms with Crippen molar-refractivity contribution in [3.63, 3.8) is 0 Å². The summed E-state index contributed by atoms with van der Waals surface area (Å²) in [5.74, 6) is 0.783. The predicted octanol–water partition coefficient (Wildman–Crippen LogP) is 2.99. The van der Waals surface area contributed by atoms with Gasteiger partial charge in [0.25, 0.3) is 0 Å². The zero-order valence-electron chi connectivity index (χ0n) is 11.1. The molecule has 2 aromatic rings. The third-order valence-corrected chi connectivity index (χ3v) is 2.79. The molecule has 103 valence electrons. The maximum absolute atomic E-state index is 10.4. The normalized spacial score (nSPS) is 11.7. The van der Waals surface area contributed by atoms with Gasteiger partial charge in [-0.05, 0) is 17.7 Å². The Hall–Kier alpha value is -2.33. The monoisotopic (exact) mass is 271 g/mol. The Morgan fingerprint density at radius 1 is 1.05 bits per heavy atom. The van der Waals surface area contributed by atoms with Crippen molar-refractivity contribution >= 4 is 6.47 Å². The second kappa shape index (κ2) is 7.31. The van der Waals surface area contributed by atoms with E-state index in [1.54, 1.807) is 7.11 Å². The maximum atomic E-state index is 10.4. The Morgan fingerprint density at radius 2 is 1.75 bits per heavy atom. The molecule has 2 rings (SSSR count). The lowest BCUT2D eigenvalue weighted by atomic mass is 10.2. The van der Waals surface area contributed by atoms with E-state index in [1.165, 1.54) is 6.47 Å². The summed E-state index contributed by atoms with van der Waals surface area (Å²) in [7, 11) is 1.62. The van der Waals surface area contributed by atoms with Gasteiger partial charge in [-0.2, -0.15) is 0 Å². The number of methoxy groups -OCH3 is 1. The molecule has 1 atom stereocenters. The highest BCUT2D eigenvalue weighted by molar-refractivity contribution is 5.39. The van der Waals surface area contributed by atoms with Crippen molar-refractivity contribution in [3.05, 3.63) is 65.7 Å². The highest BCUT2D eigenvalue weighted by Gasteiger charge is 2.13. The van der Waals surface area contributed by atoms with Gasteiger partial charge in [0.1, 0.15) is 5.75 Å². The Kier molecular flexibility index (Phi) is 5.15. The maximum Gasteiger partial charge on any atom is 0.420 e. The molecule has 2 aromatic carbocycles. The van der Waals surface area contributed by atoms with Crippen LogP contribution < -0.4 is 4.74 Å². The van der Waals surface area contributed by atoms with E-state index < -0.39 is 6.29 Å². The lowest BCUT2D eigenvalue weighted by Gasteiger charge is -2.15. The van der Waals surface area contributed by atoms with Gasteiger partial charge in [0.05, 0.1) is 13.7 Å². The first-order chi connectivity index (χ1) is 9.83. The number of carbonyl (C=O) groups excluding carboxylic acids is 1. The van der Waals surface area contributed by atoms with Gasteiger partial charge < -0.3 is 14.2 Å². The highest BCUT2D eigenvalue weighted by Crippen LogP contribution is 2.20. The number of ether oxygens (including phenoxy) is 3. The van der Waals surface area contributed by atoms with Crippen LogP contribution >= 0.6 is 0 Å². The second-order valence-electron chi connectivity index (χ2n) is 4.10. The van der Waals surface area contributed by atoms with Gasteiger partial charge >= 0.3 is 6.47 Å². The zero-order chi connectivity index (χ0) is 14.2. The number of hydrogen-bond acceptors (Lipinski definition) is 4. The van der Waals surface area contributed by atoms with E-state index in [-0.39, 0.29) is 0 Å². The molecule has 1 radical (unpaired) electrons. The molecule has 0 amide bonds. The summed E-state index contributed by atoms with van der Waals surface area (Å²) in [6.45, 7) is 1.75. The Labute approximate surface area is 117 Å². The van der Waals surface area contributed by atoms with Crippen LogP contribution in [-0.2, 0) is 20.9 Å². The average molecular weight is 271 g/mol. The molecule has 0 fully saturated rings. The van der Waals surface area contributed by atoms with E-state index in [2.05, 4.69) is 0 Å². The molecule has 0 heterocycles. The standard InChI is InChI=1S/C16H15O4/c1-18-15-9-7-13(8-10-15)11-19-16(20-12-17)14-5-3-2-4-6-14/h2-10,16H,11H2,1H3. The molecule has 4 heteroatoms. The van der Waals surface area contributed by atoms with Crippen LogP contribution in [0, 0.1) is 0 Å². The zero-order valence-corrected chi connectivity index (χ0v) is 11.1. The molecule has 0 aliphatic carbocycles. The van der Waals surface area contributed by atoms with Gasteiger partial charge in [0.2, 0.25) is 6.29 Å². The largest absolute Gasteiger partial charge is 0.497 e. The molecular formula is C16H15O4. The van der Waals surface area contributed by atoms with Crippen molar-refractivity contribution in [2.24, 2.45) is 0 Å². The van der Waals surface area contributed by atoms with E-state index in [1.807, 2.05) is 54.6 Å². The molecule has 4 nitrogen and oxygen atoms in total. The Morgan fingerprint density at radius 3 is 2.35 bits per heavy atom. The lowest BCUT2D eigenvalue weighted by molar-refractivity contribution is -0.102. The second-order valence-corrected chi connectivity index (χ2v) is 4.10. The molecule has 20 heavy (non-hydrogen) atoms. The first-order valence-corrected chi connectivity index (χ1v) is 6.15. The topological polar surface area (TPSA) is 44.8 Å². The van der Waals surface area contributed by atoms with Gasteiger partial charge in [-0.1, -0.05) is 42.5 Å². The third kappa shape index (κ3) is 3.83. The molecule has 0 bridgehead atoms. The molecule has 0 aliphatic heterocycles. The third-order valence-electron chi connectivity index (χ3n) is 2.79. The van der Waals surface area contributed by atoms with Crippen molar-refractivity contribution < 1.29 is 19.0 Å². The predicted molar refractivity (Wildman–Crippen MR) is 73.7 cm³/mol. The van der Waals surface area contributed by atoms with Crippen LogP contribution in [0.25, 0.3) is 0 Å². The SMILES string of the molecule is COc1ccc(COC(O[C]=O)c2ccccc2)cc1. The van der Waals surface area contributed by atoms with E-state index in [0.29, 0.717) is 6.61 Å². The minimum Gasteiger partial charge on any atom is -0.497 e. The van der Waals surface area contributed by atoms with Crippen LogP contribution in [0.5, 0.6) is 5.75 Å². The van der Waals surface area contributed by atoms with Gasteiger partial charge in [-0.3, -0.25) is 0 Å². The quantitative estimate of drug-likeness (QED) is 0.726. The van der Waals surface area contributed by atoms with Crippen molar-refractivity contribution in [1.29, 1.82) is 0 Å². The van der Waals surface area contributed by atoms with Gasteiger partial charge in [0, 0.05) is 5.56 Å². The summed E-state index contributed by atoms with van der Waals surface area (Å²) in [6.07, 6.45) is -0.754. The first kappa shape index (κ1) is 14.1. The smallest absolute Gasteiger partial charge is 0.420 e. The summed E-state index contributed by atoms with van der Waals surface area (Å²) in [6, 6.07) is 16.7. The van der Waals surface area contributed by atoms with Crippen LogP contribution in [0.3, 0.4) is 0 Å². The van der Waals surface area contributed by atoms with E-state index in [4.69, 9.17) is 14.2 Å². The molecule has 0 saturated heterocycles. The van der Waals surface area contributed by atoms with Gasteiger partial charge in [-0.25, -0.2) is 4.79 Å². The summed E-state index contributed by atoms with van der Waals surface area (Å²) in [5.41, 5.74) is 1.73. The lowest BCUT2D eigenvalue weighted by Crippen LogP contribution is -2.08. The molecule has 0 aliphatic rings. The van der Waals surface area contributed by atoms with Gasteiger partial charge in [0.15, 0.2) is 0 Å². The average Bonchev–Trinajstić information content (AvgIpc) is 2.53. The van der Waals surface area contributed by atoms with Gasteiger partial charge in [-0.15, -0.1) is 0 Å². The van der Waals surface area contributed by atoms with Crippen molar-refractivity contribution in [1.82, 2.24) is 0 Å². The van der Waals surface area contributed by atoms with Crippen LogP contribution in [0.2, 0.25) is 0 Å². The van der Waals surface area contributed by atoms with E-state index >= 15 is 0 Å². The molecule has 1 unspecified atom stereocenters. The molecule has 0 N–H and O–H groups in total. The first-order valence-electron chi connectivity index (χ1n) is 6.15. The summed E-state index contributed by atoms with van der Waals surface area (Å²) in [5, 5.41) is 0. The molecular weight excluding hydrogens is 256 g/mol. The van der Waals surface area contributed by atoms with Crippen molar-refractivity contribution in [3.8, 4) is 5.75 Å². The number of benzene rings is 2. The van der Waals surface area contributed by atoms with Crippen LogP contribution in [-0.4, -0.2) is 13.6 Å². The van der Waals surface area contributed by atoms with Crippen molar-refractivity contribution in [2.75, 3.05) is 7.11 Å². The fraction of sp³-hybridized carbons (Fsp3) is 0.188. The molecule has 0 aromatic heterocycles. The fourth-order valence-corrected chi connectivity index (χ4v) is 1.75. The Bertz CT molecular complexity index is 522. The summed E-state index contributed by atoms with van der Waals surface area (Å²) < 4.78 is 15.5. The fourth-order valence-electron chi connectivity index (χ4n) is 1.75.